The number of hydrogen-bond donors (Lipinski definition) is 2. The summed E-state index contributed by atoms with van der Waals surface area (Å²) in [4.78, 5) is 3.33. The first-order valence-electron chi connectivity index (χ1n) is 10.1. The maximum absolute atomic E-state index is 8.68. The van der Waals surface area contributed by atoms with Crippen LogP contribution in [0.1, 0.15) is 24.1 Å². The number of nitrogens with two attached hydrogens (primary N) is 1. The molecular weight excluding hydrogens is 512 g/mol. The Labute approximate surface area is 220 Å². The van der Waals surface area contributed by atoms with Crippen LogP contribution in [0.2, 0.25) is 0 Å². The van der Waals surface area contributed by atoms with Gasteiger partial charge in [0.25, 0.3) is 0 Å². The number of rotatable bonds is 2. The van der Waals surface area contributed by atoms with E-state index in [0.717, 1.165) is 15.8 Å². The van der Waals surface area contributed by atoms with Gasteiger partial charge in [-0.15, -0.1) is 0 Å². The Morgan fingerprint density at radius 2 is 1.00 bits per heavy atom. The average molecular weight is 535 g/mol. The Bertz CT molecular complexity index is 1270. The Balaban J connectivity index is 0.000000291. The number of anilines is 3. The van der Waals surface area contributed by atoms with Crippen LogP contribution >= 0.6 is 15.9 Å². The minimum Gasteiger partial charge on any atom is -0.399 e. The van der Waals surface area contributed by atoms with E-state index in [1.54, 1.807) is 60.7 Å². The van der Waals surface area contributed by atoms with E-state index in [2.05, 4.69) is 32.2 Å². The van der Waals surface area contributed by atoms with Gasteiger partial charge in [-0.25, -0.2) is 4.85 Å². The van der Waals surface area contributed by atoms with Gasteiger partial charge in [-0.1, -0.05) is 35.5 Å². The fraction of sp³-hybridized carbons (Fsp3) is 0.0345. The first-order valence-corrected chi connectivity index (χ1v) is 10.9. The Kier molecular flexibility index (Phi) is 12.6. The van der Waals surface area contributed by atoms with Crippen molar-refractivity contribution in [3.8, 4) is 18.2 Å². The topological polar surface area (TPSA) is 114 Å². The average Bonchev–Trinajstić information content (AvgIpc) is 2.91. The number of nitriles is 3. The molecule has 0 atom stereocenters. The zero-order valence-corrected chi connectivity index (χ0v) is 20.1. The minimum absolute atomic E-state index is 0. The molecule has 0 bridgehead atoms. The van der Waals surface area contributed by atoms with Gasteiger partial charge in [0.1, 0.15) is 0 Å². The molecule has 0 spiro atoms. The number of nitrogen functional groups attached to an aromatic ring is 1. The molecule has 0 fully saturated rings. The molecule has 0 saturated carbocycles. The molecule has 4 aromatic rings. The van der Waals surface area contributed by atoms with Crippen LogP contribution < -0.4 is 11.1 Å². The van der Waals surface area contributed by atoms with E-state index in [1.807, 2.05) is 48.5 Å². The second-order valence-corrected chi connectivity index (χ2v) is 7.74. The summed E-state index contributed by atoms with van der Waals surface area (Å²) in [5.74, 6) is 0. The lowest BCUT2D eigenvalue weighted by atomic mass is 10.2. The van der Waals surface area contributed by atoms with Crippen molar-refractivity contribution in [2.75, 3.05) is 11.1 Å². The van der Waals surface area contributed by atoms with Crippen molar-refractivity contribution in [2.45, 2.75) is 7.43 Å². The monoisotopic (exact) mass is 534 g/mol. The number of nitrogens with one attached hydrogen (secondary N) is 1. The molecule has 7 heteroatoms. The molecule has 0 aliphatic carbocycles. The van der Waals surface area contributed by atoms with E-state index in [1.165, 1.54) is 0 Å². The van der Waals surface area contributed by atoms with Gasteiger partial charge in [-0.2, -0.15) is 15.8 Å². The summed E-state index contributed by atoms with van der Waals surface area (Å²) >= 11 is 3.27. The largest absolute Gasteiger partial charge is 0.399 e. The second-order valence-electron chi connectivity index (χ2n) is 6.83. The van der Waals surface area contributed by atoms with Gasteiger partial charge < -0.3 is 11.1 Å². The number of hydrogen-bond acceptors (Lipinski definition) is 5. The van der Waals surface area contributed by atoms with Crippen LogP contribution in [0.5, 0.6) is 0 Å². The van der Waals surface area contributed by atoms with E-state index in [0.29, 0.717) is 28.1 Å². The fourth-order valence-electron chi connectivity index (χ4n) is 2.50. The highest BCUT2D eigenvalue weighted by Crippen LogP contribution is 2.20. The normalized spacial score (nSPS) is 8.47. The lowest BCUT2D eigenvalue weighted by Gasteiger charge is -2.06. The lowest BCUT2D eigenvalue weighted by Crippen LogP contribution is -1.89. The summed E-state index contributed by atoms with van der Waals surface area (Å²) in [5.41, 5.74) is 10.5. The third-order valence-corrected chi connectivity index (χ3v) is 4.84. The molecule has 6 nitrogen and oxygen atoms in total. The van der Waals surface area contributed by atoms with Crippen molar-refractivity contribution in [2.24, 2.45) is 0 Å². The lowest BCUT2D eigenvalue weighted by molar-refractivity contribution is 1.47. The highest BCUT2D eigenvalue weighted by atomic mass is 79.9. The molecule has 4 rings (SSSR count). The van der Waals surface area contributed by atoms with E-state index in [4.69, 9.17) is 28.1 Å². The van der Waals surface area contributed by atoms with Gasteiger partial charge in [0.2, 0.25) is 0 Å². The molecule has 0 radical (unpaired) electrons. The van der Waals surface area contributed by atoms with E-state index in [9.17, 15) is 0 Å². The zero-order valence-electron chi connectivity index (χ0n) is 18.5. The minimum atomic E-state index is 0. The van der Waals surface area contributed by atoms with Crippen molar-refractivity contribution in [3.63, 3.8) is 0 Å². The maximum Gasteiger partial charge on any atom is 0.187 e. The standard InChI is InChI=1S/C14H9N3.C7H4BrN.C7H6N2.CH4/c1-16-12-6-8-14(9-7-12)17-13-4-2-11(10-15)3-5-13;8-7-3-1-6(5-9)2-4-7;8-5-6-1-3-7(9)4-2-6;/h2-9,17H;1-4H;1-4H,9H2;1H4. The molecule has 4 aromatic carbocycles. The van der Waals surface area contributed by atoms with Crippen LogP contribution in [-0.2, 0) is 0 Å². The van der Waals surface area contributed by atoms with Gasteiger partial charge in [0.15, 0.2) is 5.69 Å². The Hall–Kier alpha value is -5.08. The van der Waals surface area contributed by atoms with E-state index >= 15 is 0 Å². The first-order chi connectivity index (χ1) is 17.0. The van der Waals surface area contributed by atoms with Crippen LogP contribution in [0, 0.1) is 40.6 Å². The van der Waals surface area contributed by atoms with Crippen molar-refractivity contribution >= 4 is 38.7 Å². The van der Waals surface area contributed by atoms with E-state index < -0.39 is 0 Å². The SMILES string of the molecule is C.N#Cc1ccc(Br)cc1.N#Cc1ccc(N)cc1.[C-]#[N+]c1ccc(Nc2ccc(C#N)cc2)cc1. The first kappa shape index (κ1) is 29.0. The molecule has 0 heterocycles. The number of benzene rings is 4. The van der Waals surface area contributed by atoms with Crippen molar-refractivity contribution < 1.29 is 0 Å². The Morgan fingerprint density at radius 1 is 0.639 bits per heavy atom. The third-order valence-electron chi connectivity index (χ3n) is 4.31. The fourth-order valence-corrected chi connectivity index (χ4v) is 2.76. The van der Waals surface area contributed by atoms with Crippen LogP contribution in [0.4, 0.5) is 22.7 Å². The molecule has 0 aromatic heterocycles. The van der Waals surface area contributed by atoms with Crippen LogP contribution in [-0.4, -0.2) is 0 Å². The predicted octanol–water partition coefficient (Wildman–Crippen LogP) is 7.95. The van der Waals surface area contributed by atoms with Gasteiger partial charge in [0.05, 0.1) is 41.5 Å². The highest BCUT2D eigenvalue weighted by Gasteiger charge is 1.96. The molecular formula is C29H23BrN6. The molecule has 3 N–H and O–H groups in total. The van der Waals surface area contributed by atoms with Crippen molar-refractivity contribution in [1.29, 1.82) is 15.8 Å². The van der Waals surface area contributed by atoms with Crippen LogP contribution in [0.25, 0.3) is 4.85 Å². The quantitative estimate of drug-likeness (QED) is 0.200. The second kappa shape index (κ2) is 15.7. The number of halogens is 1. The summed E-state index contributed by atoms with van der Waals surface area (Å²) < 4.78 is 1.00. The van der Waals surface area contributed by atoms with Crippen LogP contribution in [0.3, 0.4) is 0 Å². The summed E-state index contributed by atoms with van der Waals surface area (Å²) in [6.07, 6.45) is 0. The molecule has 0 aliphatic rings. The van der Waals surface area contributed by atoms with Crippen molar-refractivity contribution in [3.05, 3.63) is 130 Å². The summed E-state index contributed by atoms with van der Waals surface area (Å²) in [5, 5.41) is 28.6. The van der Waals surface area contributed by atoms with Gasteiger partial charge in [0, 0.05) is 21.5 Å². The molecule has 0 amide bonds. The molecule has 0 saturated heterocycles. The smallest absolute Gasteiger partial charge is 0.187 e. The van der Waals surface area contributed by atoms with Gasteiger partial charge in [-0.3, -0.25) is 0 Å². The summed E-state index contributed by atoms with van der Waals surface area (Å²) in [6, 6.07) is 34.6. The third kappa shape index (κ3) is 10.2. The molecule has 36 heavy (non-hydrogen) atoms. The van der Waals surface area contributed by atoms with Gasteiger partial charge in [-0.05, 0) is 84.9 Å². The van der Waals surface area contributed by atoms with Crippen LogP contribution in [0.15, 0.2) is 102 Å². The number of nitrogens with zero attached hydrogens (tertiary/aromatic N) is 4. The molecule has 0 unspecified atom stereocenters. The van der Waals surface area contributed by atoms with Gasteiger partial charge >= 0.3 is 0 Å². The molecule has 0 aliphatic heterocycles. The predicted molar refractivity (Wildman–Crippen MR) is 148 cm³/mol. The van der Waals surface area contributed by atoms with Crippen molar-refractivity contribution in [1.82, 2.24) is 0 Å². The summed E-state index contributed by atoms with van der Waals surface area (Å²) in [6.45, 7) is 6.85. The summed E-state index contributed by atoms with van der Waals surface area (Å²) in [7, 11) is 0. The van der Waals surface area contributed by atoms with E-state index in [-0.39, 0.29) is 7.43 Å². The zero-order chi connectivity index (χ0) is 25.5. The Morgan fingerprint density at radius 3 is 1.39 bits per heavy atom. The maximum atomic E-state index is 8.68. The highest BCUT2D eigenvalue weighted by molar-refractivity contribution is 9.10. The molecule has 176 valence electrons.